The van der Waals surface area contributed by atoms with Crippen molar-refractivity contribution in [2.75, 3.05) is 16.6 Å². The van der Waals surface area contributed by atoms with E-state index in [9.17, 15) is 13.2 Å². The number of anilines is 2. The monoisotopic (exact) mass is 444 g/mol. The predicted molar refractivity (Wildman–Crippen MR) is 119 cm³/mol. The van der Waals surface area contributed by atoms with Crippen LogP contribution in [0.1, 0.15) is 11.1 Å². The molecule has 3 rings (SSSR count). The summed E-state index contributed by atoms with van der Waals surface area (Å²) in [6, 6.07) is 18.1. The van der Waals surface area contributed by atoms with Crippen LogP contribution in [0, 0.1) is 13.8 Å². The second-order valence-electron chi connectivity index (χ2n) is 6.74. The first-order valence-electron chi connectivity index (χ1n) is 9.11. The number of amides is 1. The van der Waals surface area contributed by atoms with Crippen LogP contribution in [0.3, 0.4) is 0 Å². The average Bonchev–Trinajstić information content (AvgIpc) is 2.71. The van der Waals surface area contributed by atoms with Crippen LogP contribution >= 0.6 is 11.6 Å². The summed E-state index contributed by atoms with van der Waals surface area (Å²) in [6.07, 6.45) is 0. The van der Waals surface area contributed by atoms with Crippen molar-refractivity contribution < 1.29 is 17.9 Å². The molecule has 0 aromatic heterocycles. The third kappa shape index (κ3) is 5.75. The number of sulfonamides is 1. The lowest BCUT2D eigenvalue weighted by molar-refractivity contribution is -0.118. The Balaban J connectivity index is 1.58. The van der Waals surface area contributed by atoms with Crippen molar-refractivity contribution in [3.05, 3.63) is 82.9 Å². The van der Waals surface area contributed by atoms with Crippen molar-refractivity contribution in [2.24, 2.45) is 0 Å². The molecule has 6 nitrogen and oxygen atoms in total. The SMILES string of the molecule is Cc1ccc(NS(=O)(=O)c2ccc(NC(=O)COc3ccc(Cl)c(C)c3)cc2)cc1. The van der Waals surface area contributed by atoms with E-state index in [-0.39, 0.29) is 17.4 Å². The van der Waals surface area contributed by atoms with Gasteiger partial charge < -0.3 is 10.1 Å². The van der Waals surface area contributed by atoms with Gasteiger partial charge in [0.2, 0.25) is 0 Å². The molecular weight excluding hydrogens is 424 g/mol. The Kier molecular flexibility index (Phi) is 6.64. The zero-order valence-corrected chi connectivity index (χ0v) is 18.0. The first-order valence-corrected chi connectivity index (χ1v) is 11.0. The van der Waals surface area contributed by atoms with Crippen molar-refractivity contribution in [1.29, 1.82) is 0 Å². The van der Waals surface area contributed by atoms with Gasteiger partial charge in [0.15, 0.2) is 6.61 Å². The predicted octanol–water partition coefficient (Wildman–Crippen LogP) is 4.78. The Morgan fingerprint density at radius 2 is 1.57 bits per heavy atom. The summed E-state index contributed by atoms with van der Waals surface area (Å²) < 4.78 is 33.0. The van der Waals surface area contributed by atoms with Gasteiger partial charge in [0.1, 0.15) is 5.75 Å². The summed E-state index contributed by atoms with van der Waals surface area (Å²) >= 11 is 5.96. The van der Waals surface area contributed by atoms with Gasteiger partial charge in [0.25, 0.3) is 15.9 Å². The van der Waals surface area contributed by atoms with Crippen molar-refractivity contribution in [3.63, 3.8) is 0 Å². The Morgan fingerprint density at radius 3 is 2.20 bits per heavy atom. The summed E-state index contributed by atoms with van der Waals surface area (Å²) in [7, 11) is -3.72. The zero-order valence-electron chi connectivity index (χ0n) is 16.5. The van der Waals surface area contributed by atoms with E-state index < -0.39 is 10.0 Å². The number of rotatable bonds is 7. The van der Waals surface area contributed by atoms with Gasteiger partial charge in [-0.3, -0.25) is 9.52 Å². The molecule has 0 radical (unpaired) electrons. The van der Waals surface area contributed by atoms with E-state index in [1.165, 1.54) is 24.3 Å². The van der Waals surface area contributed by atoms with Crippen LogP contribution in [0.5, 0.6) is 5.75 Å². The molecule has 0 heterocycles. The van der Waals surface area contributed by atoms with Crippen molar-refractivity contribution in [3.8, 4) is 5.75 Å². The van der Waals surface area contributed by atoms with Crippen LogP contribution in [0.15, 0.2) is 71.6 Å². The number of carbonyl (C=O) groups is 1. The lowest BCUT2D eigenvalue weighted by atomic mass is 10.2. The third-order valence-electron chi connectivity index (χ3n) is 4.25. The van der Waals surface area contributed by atoms with Gasteiger partial charge in [0, 0.05) is 16.4 Å². The molecule has 30 heavy (non-hydrogen) atoms. The van der Waals surface area contributed by atoms with Gasteiger partial charge in [-0.15, -0.1) is 0 Å². The van der Waals surface area contributed by atoms with Crippen molar-refractivity contribution in [1.82, 2.24) is 0 Å². The van der Waals surface area contributed by atoms with Crippen LogP contribution in [0.25, 0.3) is 0 Å². The summed E-state index contributed by atoms with van der Waals surface area (Å²) in [4.78, 5) is 12.2. The van der Waals surface area contributed by atoms with Crippen molar-refractivity contribution in [2.45, 2.75) is 18.7 Å². The molecule has 1 amide bonds. The molecule has 2 N–H and O–H groups in total. The van der Waals surface area contributed by atoms with Crippen LogP contribution in [-0.2, 0) is 14.8 Å². The molecule has 0 saturated heterocycles. The van der Waals surface area contributed by atoms with E-state index >= 15 is 0 Å². The molecule has 0 aliphatic heterocycles. The average molecular weight is 445 g/mol. The number of halogens is 1. The smallest absolute Gasteiger partial charge is 0.262 e. The van der Waals surface area contributed by atoms with Crippen LogP contribution in [0.2, 0.25) is 5.02 Å². The summed E-state index contributed by atoms with van der Waals surface area (Å²) in [5.74, 6) is 0.173. The molecule has 0 saturated carbocycles. The van der Waals surface area contributed by atoms with Gasteiger partial charge >= 0.3 is 0 Å². The largest absolute Gasteiger partial charge is 0.484 e. The standard InChI is InChI=1S/C22H21ClN2O4S/c1-15-3-5-18(6-4-15)25-30(27,28)20-10-7-17(8-11-20)24-22(26)14-29-19-9-12-21(23)16(2)13-19/h3-13,25H,14H2,1-2H3,(H,24,26). The highest BCUT2D eigenvalue weighted by molar-refractivity contribution is 7.92. The highest BCUT2D eigenvalue weighted by Crippen LogP contribution is 2.21. The van der Waals surface area contributed by atoms with Gasteiger partial charge in [0.05, 0.1) is 4.90 Å². The van der Waals surface area contributed by atoms with Gasteiger partial charge in [-0.05, 0) is 74.0 Å². The first-order chi connectivity index (χ1) is 14.2. The van der Waals surface area contributed by atoms with E-state index in [0.717, 1.165) is 11.1 Å². The molecule has 0 aliphatic carbocycles. The molecular formula is C22H21ClN2O4S. The van der Waals surface area contributed by atoms with Gasteiger partial charge in [-0.1, -0.05) is 29.3 Å². The van der Waals surface area contributed by atoms with E-state index in [1.807, 2.05) is 26.0 Å². The summed E-state index contributed by atoms with van der Waals surface area (Å²) in [5, 5.41) is 3.29. The normalized spacial score (nSPS) is 11.0. The summed E-state index contributed by atoms with van der Waals surface area (Å²) in [5.41, 5.74) is 2.83. The maximum absolute atomic E-state index is 12.5. The van der Waals surface area contributed by atoms with Crippen LogP contribution < -0.4 is 14.8 Å². The minimum atomic E-state index is -3.72. The highest BCUT2D eigenvalue weighted by atomic mass is 35.5. The number of benzene rings is 3. The Bertz CT molecular complexity index is 1140. The Hall–Kier alpha value is -3.03. The number of carbonyl (C=O) groups excluding carboxylic acids is 1. The number of nitrogens with one attached hydrogen (secondary N) is 2. The van der Waals surface area contributed by atoms with E-state index in [4.69, 9.17) is 16.3 Å². The number of ether oxygens (including phenoxy) is 1. The maximum Gasteiger partial charge on any atom is 0.262 e. The zero-order chi connectivity index (χ0) is 21.7. The van der Waals surface area contributed by atoms with Crippen molar-refractivity contribution >= 4 is 38.9 Å². The molecule has 156 valence electrons. The summed E-state index contributed by atoms with van der Waals surface area (Å²) in [6.45, 7) is 3.58. The third-order valence-corrected chi connectivity index (χ3v) is 6.07. The fourth-order valence-electron chi connectivity index (χ4n) is 2.61. The van der Waals surface area contributed by atoms with E-state index in [1.54, 1.807) is 30.3 Å². The quantitative estimate of drug-likeness (QED) is 0.549. The fourth-order valence-corrected chi connectivity index (χ4v) is 3.78. The fraction of sp³-hybridized carbons (Fsp3) is 0.136. The van der Waals surface area contributed by atoms with E-state index in [0.29, 0.717) is 22.1 Å². The topological polar surface area (TPSA) is 84.5 Å². The molecule has 8 heteroatoms. The Morgan fingerprint density at radius 1 is 0.933 bits per heavy atom. The molecule has 3 aromatic carbocycles. The number of aryl methyl sites for hydroxylation is 2. The molecule has 0 spiro atoms. The molecule has 0 atom stereocenters. The minimum absolute atomic E-state index is 0.0916. The lowest BCUT2D eigenvalue weighted by Crippen LogP contribution is -2.20. The maximum atomic E-state index is 12.5. The van der Waals surface area contributed by atoms with E-state index in [2.05, 4.69) is 10.0 Å². The van der Waals surface area contributed by atoms with Crippen LogP contribution in [0.4, 0.5) is 11.4 Å². The second kappa shape index (κ2) is 9.19. The molecule has 0 unspecified atom stereocenters. The molecule has 3 aromatic rings. The number of hydrogen-bond donors (Lipinski definition) is 2. The second-order valence-corrected chi connectivity index (χ2v) is 8.83. The van der Waals surface area contributed by atoms with Crippen LogP contribution in [-0.4, -0.2) is 20.9 Å². The lowest BCUT2D eigenvalue weighted by Gasteiger charge is -2.10. The molecule has 0 fully saturated rings. The molecule has 0 bridgehead atoms. The minimum Gasteiger partial charge on any atom is -0.484 e. The first kappa shape index (κ1) is 21.7. The molecule has 0 aliphatic rings. The Labute approximate surface area is 180 Å². The van der Waals surface area contributed by atoms with Gasteiger partial charge in [-0.25, -0.2) is 8.42 Å². The van der Waals surface area contributed by atoms with Gasteiger partial charge in [-0.2, -0.15) is 0 Å². The highest BCUT2D eigenvalue weighted by Gasteiger charge is 2.14. The number of hydrogen-bond acceptors (Lipinski definition) is 4.